The van der Waals surface area contributed by atoms with Gasteiger partial charge in [-0.3, -0.25) is 0 Å². The lowest BCUT2D eigenvalue weighted by Gasteiger charge is -2.35. The maximum atomic E-state index is 2.46. The van der Waals surface area contributed by atoms with Gasteiger partial charge in [-0.05, 0) is 128 Å². The number of rotatable bonds is 8. The number of fused-ring (bicyclic) bond motifs is 9. The molecule has 1 aliphatic carbocycles. The van der Waals surface area contributed by atoms with Crippen molar-refractivity contribution in [1.29, 1.82) is 0 Å². The van der Waals surface area contributed by atoms with Crippen molar-refractivity contribution >= 4 is 70.4 Å². The van der Waals surface area contributed by atoms with E-state index in [1.807, 2.05) is 11.3 Å². The summed E-state index contributed by atoms with van der Waals surface area (Å²) in [5.74, 6) is 0. The van der Waals surface area contributed by atoms with E-state index in [9.17, 15) is 0 Å². The molecule has 13 aromatic rings. The molecule has 2 nitrogen and oxygen atoms in total. The minimum absolute atomic E-state index is 0.519. The highest BCUT2D eigenvalue weighted by atomic mass is 32.1. The Kier molecular flexibility index (Phi) is 9.33. The fraction of sp³-hybridized carbons (Fsp3) is 0.0149. The molecule has 1 aliphatic rings. The number of anilines is 3. The molecule has 70 heavy (non-hydrogen) atoms. The van der Waals surface area contributed by atoms with Gasteiger partial charge >= 0.3 is 0 Å². The fourth-order valence-electron chi connectivity index (χ4n) is 11.6. The van der Waals surface area contributed by atoms with Crippen LogP contribution in [0.1, 0.15) is 22.3 Å². The third-order valence-electron chi connectivity index (χ3n) is 14.7. The van der Waals surface area contributed by atoms with Crippen LogP contribution in [0.25, 0.3) is 81.0 Å². The second-order valence-electron chi connectivity index (χ2n) is 18.4. The molecular formula is C67H44N2S. The Morgan fingerprint density at radius 2 is 0.871 bits per heavy atom. The van der Waals surface area contributed by atoms with Crippen molar-refractivity contribution in [2.45, 2.75) is 5.41 Å². The van der Waals surface area contributed by atoms with Crippen LogP contribution >= 0.6 is 11.3 Å². The molecule has 328 valence electrons. The SMILES string of the molecule is c1ccc(-n2c3ccccc3c3cc(-c4ccc(N(c5ccc(-c6cccc7c6sc6ccccc67)cc5)c5ccc6c(c5)C(c5ccccc5)(c5ccccc5)c5ccccc5-6)cc4)ccc32)cc1. The Balaban J connectivity index is 0.930. The van der Waals surface area contributed by atoms with E-state index >= 15 is 0 Å². The summed E-state index contributed by atoms with van der Waals surface area (Å²) >= 11 is 1.88. The van der Waals surface area contributed by atoms with Gasteiger partial charge < -0.3 is 9.47 Å². The van der Waals surface area contributed by atoms with E-state index in [0.29, 0.717) is 0 Å². The second kappa shape index (κ2) is 16.2. The number of nitrogens with zero attached hydrogens (tertiary/aromatic N) is 2. The average molecular weight is 909 g/mol. The third kappa shape index (κ3) is 6.19. The molecule has 0 fully saturated rings. The lowest BCUT2D eigenvalue weighted by Crippen LogP contribution is -2.28. The van der Waals surface area contributed by atoms with Gasteiger partial charge in [0.05, 0.1) is 16.4 Å². The summed E-state index contributed by atoms with van der Waals surface area (Å²) in [5, 5.41) is 5.12. The van der Waals surface area contributed by atoms with Crippen molar-refractivity contribution in [3.63, 3.8) is 0 Å². The summed E-state index contributed by atoms with van der Waals surface area (Å²) in [7, 11) is 0. The normalized spacial score (nSPS) is 12.7. The summed E-state index contributed by atoms with van der Waals surface area (Å²) in [6.45, 7) is 0. The molecule has 3 heteroatoms. The minimum atomic E-state index is -0.519. The minimum Gasteiger partial charge on any atom is -0.310 e. The van der Waals surface area contributed by atoms with Gasteiger partial charge in [0.1, 0.15) is 0 Å². The van der Waals surface area contributed by atoms with Gasteiger partial charge in [-0.2, -0.15) is 0 Å². The highest BCUT2D eigenvalue weighted by Crippen LogP contribution is 2.57. The number of aromatic nitrogens is 1. The molecule has 0 saturated heterocycles. The Labute approximate surface area is 411 Å². The zero-order valence-electron chi connectivity index (χ0n) is 38.2. The van der Waals surface area contributed by atoms with Gasteiger partial charge in [0.2, 0.25) is 0 Å². The van der Waals surface area contributed by atoms with E-state index in [1.165, 1.54) is 97.6 Å². The van der Waals surface area contributed by atoms with E-state index in [-0.39, 0.29) is 0 Å². The van der Waals surface area contributed by atoms with Crippen LogP contribution in [-0.4, -0.2) is 4.57 Å². The van der Waals surface area contributed by atoms with E-state index in [0.717, 1.165) is 22.7 Å². The van der Waals surface area contributed by atoms with Crippen molar-refractivity contribution in [3.05, 3.63) is 289 Å². The molecule has 2 aromatic heterocycles. The van der Waals surface area contributed by atoms with Gasteiger partial charge in [-0.1, -0.05) is 194 Å². The van der Waals surface area contributed by atoms with E-state index in [4.69, 9.17) is 0 Å². The molecule has 0 bridgehead atoms. The van der Waals surface area contributed by atoms with Crippen LogP contribution < -0.4 is 4.90 Å². The first kappa shape index (κ1) is 40.3. The number of benzene rings is 11. The van der Waals surface area contributed by atoms with Crippen LogP contribution in [0.15, 0.2) is 267 Å². The average Bonchev–Trinajstić information content (AvgIpc) is 4.08. The first-order chi connectivity index (χ1) is 34.7. The zero-order chi connectivity index (χ0) is 46.2. The fourth-order valence-corrected chi connectivity index (χ4v) is 12.8. The van der Waals surface area contributed by atoms with Crippen LogP contribution in [0.3, 0.4) is 0 Å². The largest absolute Gasteiger partial charge is 0.310 e. The first-order valence-electron chi connectivity index (χ1n) is 24.1. The van der Waals surface area contributed by atoms with Gasteiger partial charge in [0.15, 0.2) is 0 Å². The number of hydrogen-bond acceptors (Lipinski definition) is 2. The number of thiophene rings is 1. The molecule has 2 heterocycles. The van der Waals surface area contributed by atoms with E-state index in [1.54, 1.807) is 0 Å². The Bertz CT molecular complexity index is 4050. The Morgan fingerprint density at radius 1 is 0.329 bits per heavy atom. The molecule has 0 spiro atoms. The van der Waals surface area contributed by atoms with Crippen molar-refractivity contribution in [2.75, 3.05) is 4.90 Å². The van der Waals surface area contributed by atoms with Gasteiger partial charge in [-0.25, -0.2) is 0 Å². The molecular weight excluding hydrogens is 865 g/mol. The second-order valence-corrected chi connectivity index (χ2v) is 19.4. The molecule has 0 unspecified atom stereocenters. The molecule has 11 aromatic carbocycles. The lowest BCUT2D eigenvalue weighted by atomic mass is 9.67. The Hall–Kier alpha value is -8.76. The molecule has 0 aliphatic heterocycles. The summed E-state index contributed by atoms with van der Waals surface area (Å²) in [6.07, 6.45) is 0. The summed E-state index contributed by atoms with van der Waals surface area (Å²) in [5.41, 5.74) is 18.8. The molecule has 0 amide bonds. The standard InChI is InChI=1S/C67H44N2S/c1-4-17-48(18-5-1)67(49-19-6-2-7-20-49)61-28-13-10-23-55(61)56-41-40-53(44-62(56)67)68(52-38-33-46(34-39-52)54-26-16-27-59-58-25-12-15-30-65(58)70-66(54)59)51-36-31-45(32-37-51)47-35-42-64-60(43-47)57-24-11-14-29-63(57)69(64)50-21-8-3-9-22-50/h1-44H. The van der Waals surface area contributed by atoms with Crippen molar-refractivity contribution in [2.24, 2.45) is 0 Å². The van der Waals surface area contributed by atoms with Gasteiger partial charge in [0, 0.05) is 53.7 Å². The van der Waals surface area contributed by atoms with Crippen LogP contribution in [0, 0.1) is 0 Å². The van der Waals surface area contributed by atoms with Crippen LogP contribution in [-0.2, 0) is 5.41 Å². The third-order valence-corrected chi connectivity index (χ3v) is 15.9. The molecule has 0 N–H and O–H groups in total. The van der Waals surface area contributed by atoms with Crippen LogP contribution in [0.2, 0.25) is 0 Å². The quantitative estimate of drug-likeness (QED) is 0.147. The zero-order valence-corrected chi connectivity index (χ0v) is 39.0. The topological polar surface area (TPSA) is 8.17 Å². The van der Waals surface area contributed by atoms with Crippen molar-refractivity contribution in [1.82, 2.24) is 4.57 Å². The highest BCUT2D eigenvalue weighted by molar-refractivity contribution is 7.26. The monoisotopic (exact) mass is 908 g/mol. The predicted molar refractivity (Wildman–Crippen MR) is 297 cm³/mol. The van der Waals surface area contributed by atoms with Crippen LogP contribution in [0.5, 0.6) is 0 Å². The number of hydrogen-bond donors (Lipinski definition) is 0. The van der Waals surface area contributed by atoms with Crippen molar-refractivity contribution < 1.29 is 0 Å². The van der Waals surface area contributed by atoms with E-state index < -0.39 is 5.41 Å². The number of para-hydroxylation sites is 2. The molecule has 14 rings (SSSR count). The molecule has 0 radical (unpaired) electrons. The lowest BCUT2D eigenvalue weighted by molar-refractivity contribution is 0.768. The highest BCUT2D eigenvalue weighted by Gasteiger charge is 2.46. The van der Waals surface area contributed by atoms with Gasteiger partial charge in [0.25, 0.3) is 0 Å². The molecule has 0 atom stereocenters. The first-order valence-corrected chi connectivity index (χ1v) is 24.9. The van der Waals surface area contributed by atoms with Crippen molar-refractivity contribution in [3.8, 4) is 39.1 Å². The van der Waals surface area contributed by atoms with Crippen LogP contribution in [0.4, 0.5) is 17.1 Å². The predicted octanol–water partition coefficient (Wildman–Crippen LogP) is 18.3. The summed E-state index contributed by atoms with van der Waals surface area (Å²) in [6, 6.07) is 98.5. The molecule has 0 saturated carbocycles. The maximum absolute atomic E-state index is 2.46. The Morgan fingerprint density at radius 3 is 1.61 bits per heavy atom. The summed E-state index contributed by atoms with van der Waals surface area (Å²) < 4.78 is 5.02. The van der Waals surface area contributed by atoms with Gasteiger partial charge in [-0.15, -0.1) is 11.3 Å². The van der Waals surface area contributed by atoms with E-state index in [2.05, 4.69) is 276 Å². The smallest absolute Gasteiger partial charge is 0.0714 e. The maximum Gasteiger partial charge on any atom is 0.0714 e. The summed E-state index contributed by atoms with van der Waals surface area (Å²) in [4.78, 5) is 2.44.